The van der Waals surface area contributed by atoms with Gasteiger partial charge in [0, 0.05) is 32.4 Å². The van der Waals surface area contributed by atoms with E-state index in [1.165, 1.54) is 16.8 Å². The van der Waals surface area contributed by atoms with Crippen molar-refractivity contribution in [2.45, 2.75) is 32.1 Å². The van der Waals surface area contributed by atoms with E-state index >= 15 is 0 Å². The van der Waals surface area contributed by atoms with Crippen LogP contribution in [0.15, 0.2) is 58.2 Å². The van der Waals surface area contributed by atoms with Crippen molar-refractivity contribution in [1.29, 1.82) is 0 Å². The molecule has 3 aromatic rings. The predicted octanol–water partition coefficient (Wildman–Crippen LogP) is 2.75. The van der Waals surface area contributed by atoms with Crippen molar-refractivity contribution < 1.29 is 17.9 Å². The van der Waals surface area contributed by atoms with Crippen LogP contribution in [0.4, 0.5) is 5.69 Å². The fraction of sp³-hybridized carbons (Fsp3) is 0.333. The van der Waals surface area contributed by atoms with Gasteiger partial charge in [0.25, 0.3) is 21.5 Å². The van der Waals surface area contributed by atoms with Gasteiger partial charge in [-0.15, -0.1) is 0 Å². The summed E-state index contributed by atoms with van der Waals surface area (Å²) in [6.45, 7) is 6.85. The summed E-state index contributed by atoms with van der Waals surface area (Å²) in [4.78, 5) is 25.6. The quantitative estimate of drug-likeness (QED) is 0.428. The molecule has 0 aliphatic carbocycles. The van der Waals surface area contributed by atoms with Gasteiger partial charge in [-0.2, -0.15) is 0 Å². The van der Waals surface area contributed by atoms with E-state index in [0.29, 0.717) is 43.1 Å². The molecule has 34 heavy (non-hydrogen) atoms. The molecule has 3 rings (SSSR count). The lowest BCUT2D eigenvalue weighted by Gasteiger charge is -2.11. The zero-order valence-electron chi connectivity index (χ0n) is 19.8. The van der Waals surface area contributed by atoms with Crippen LogP contribution in [0.25, 0.3) is 5.69 Å². The van der Waals surface area contributed by atoms with Crippen molar-refractivity contribution in [1.82, 2.24) is 14.7 Å². The number of aromatic nitrogens is 2. The number of carbonyl (C=O) groups excluding carboxylic acids is 1. The van der Waals surface area contributed by atoms with Gasteiger partial charge in [0.2, 0.25) is 0 Å². The molecule has 0 saturated heterocycles. The zero-order valence-corrected chi connectivity index (χ0v) is 20.6. The summed E-state index contributed by atoms with van der Waals surface area (Å²) in [7, 11) is -2.44. The molecule has 0 unspecified atom stereocenters. The molecule has 1 aromatic heterocycles. The molecule has 0 aliphatic heterocycles. The number of hydrogen-bond donors (Lipinski definition) is 2. The lowest BCUT2D eigenvalue weighted by Crippen LogP contribution is -2.27. The Hall–Kier alpha value is -3.37. The van der Waals surface area contributed by atoms with Crippen LogP contribution in [-0.4, -0.2) is 43.4 Å². The fourth-order valence-corrected chi connectivity index (χ4v) is 4.65. The van der Waals surface area contributed by atoms with Gasteiger partial charge in [-0.1, -0.05) is 24.3 Å². The summed E-state index contributed by atoms with van der Waals surface area (Å²) >= 11 is 0. The van der Waals surface area contributed by atoms with Gasteiger partial charge in [-0.05, 0) is 57.0 Å². The third-order valence-corrected chi connectivity index (χ3v) is 6.86. The molecule has 182 valence electrons. The Morgan fingerprint density at radius 1 is 1.09 bits per heavy atom. The molecule has 10 heteroatoms. The molecular formula is C24H30N4O5S. The maximum Gasteiger partial charge on any atom is 0.296 e. The molecule has 0 bridgehead atoms. The van der Waals surface area contributed by atoms with E-state index in [2.05, 4.69) is 10.0 Å². The first-order chi connectivity index (χ1) is 16.2. The molecular weight excluding hydrogens is 456 g/mol. The van der Waals surface area contributed by atoms with E-state index in [1.54, 1.807) is 55.9 Å². The Balaban J connectivity index is 1.87. The first kappa shape index (κ1) is 25.3. The Morgan fingerprint density at radius 2 is 1.79 bits per heavy atom. The number of nitrogens with one attached hydrogen (secondary N) is 2. The maximum atomic E-state index is 13.2. The number of carbonyl (C=O) groups is 1. The molecule has 0 atom stereocenters. The van der Waals surface area contributed by atoms with E-state index in [1.807, 2.05) is 13.0 Å². The molecule has 0 fully saturated rings. The molecule has 1 heterocycles. The third kappa shape index (κ3) is 5.40. The van der Waals surface area contributed by atoms with E-state index in [4.69, 9.17) is 4.74 Å². The minimum absolute atomic E-state index is 0.0474. The van der Waals surface area contributed by atoms with Crippen molar-refractivity contribution in [3.05, 3.63) is 75.7 Å². The normalized spacial score (nSPS) is 11.4. The number of rotatable bonds is 10. The van der Waals surface area contributed by atoms with Crippen molar-refractivity contribution >= 4 is 21.6 Å². The van der Waals surface area contributed by atoms with Gasteiger partial charge in [0.05, 0.1) is 16.3 Å². The van der Waals surface area contributed by atoms with Crippen molar-refractivity contribution in [2.75, 3.05) is 24.5 Å². The van der Waals surface area contributed by atoms with Crippen molar-refractivity contribution in [3.63, 3.8) is 0 Å². The number of aryl methyl sites for hydroxylation is 1. The molecule has 9 nitrogen and oxygen atoms in total. The number of amides is 1. The van der Waals surface area contributed by atoms with Gasteiger partial charge < -0.3 is 10.1 Å². The molecule has 1 amide bonds. The summed E-state index contributed by atoms with van der Waals surface area (Å²) < 4.78 is 37.0. The Labute approximate surface area is 199 Å². The number of hydrogen-bond acceptors (Lipinski definition) is 5. The molecule has 0 radical (unpaired) electrons. The smallest absolute Gasteiger partial charge is 0.296 e. The van der Waals surface area contributed by atoms with Crippen LogP contribution in [0.1, 0.15) is 35.0 Å². The van der Waals surface area contributed by atoms with Crippen molar-refractivity contribution in [2.24, 2.45) is 7.05 Å². The van der Waals surface area contributed by atoms with Crippen LogP contribution in [0.5, 0.6) is 0 Å². The number of nitrogens with zero attached hydrogens (tertiary/aromatic N) is 2. The third-order valence-electron chi connectivity index (χ3n) is 5.51. The monoisotopic (exact) mass is 486 g/mol. The van der Waals surface area contributed by atoms with Crippen molar-refractivity contribution in [3.8, 4) is 5.69 Å². The van der Waals surface area contributed by atoms with E-state index in [0.717, 1.165) is 0 Å². The van der Waals surface area contributed by atoms with Gasteiger partial charge >= 0.3 is 0 Å². The second-order valence-electron chi connectivity index (χ2n) is 7.83. The molecule has 0 spiro atoms. The van der Waals surface area contributed by atoms with Crippen LogP contribution in [0.3, 0.4) is 0 Å². The first-order valence-electron chi connectivity index (χ1n) is 11.0. The Morgan fingerprint density at radius 3 is 2.47 bits per heavy atom. The summed E-state index contributed by atoms with van der Waals surface area (Å²) in [5.41, 5.74) is 1.43. The lowest BCUT2D eigenvalue weighted by molar-refractivity contribution is 0.0943. The minimum Gasteiger partial charge on any atom is -0.382 e. The average molecular weight is 487 g/mol. The summed E-state index contributed by atoms with van der Waals surface area (Å²) in [5.74, 6) is -0.367. The maximum absolute atomic E-state index is 13.2. The zero-order chi connectivity index (χ0) is 24.9. The Kier molecular flexibility index (Phi) is 7.95. The topological polar surface area (TPSA) is 111 Å². The van der Waals surface area contributed by atoms with Crippen LogP contribution >= 0.6 is 0 Å². The first-order valence-corrected chi connectivity index (χ1v) is 12.5. The second-order valence-corrected chi connectivity index (χ2v) is 9.51. The highest BCUT2D eigenvalue weighted by molar-refractivity contribution is 7.92. The second kappa shape index (κ2) is 10.7. The van der Waals surface area contributed by atoms with Crippen LogP contribution in [0, 0.1) is 13.8 Å². The molecule has 2 aromatic carbocycles. The number of benzene rings is 2. The summed E-state index contributed by atoms with van der Waals surface area (Å²) in [6, 6.07) is 13.3. The molecule has 0 saturated carbocycles. The average Bonchev–Trinajstić information content (AvgIpc) is 3.02. The van der Waals surface area contributed by atoms with E-state index in [-0.39, 0.29) is 22.1 Å². The van der Waals surface area contributed by atoms with Crippen LogP contribution in [0.2, 0.25) is 0 Å². The molecule has 0 aliphatic rings. The highest BCUT2D eigenvalue weighted by Crippen LogP contribution is 2.21. The minimum atomic E-state index is -4.13. The summed E-state index contributed by atoms with van der Waals surface area (Å²) in [5, 5.41) is 2.78. The standard InChI is InChI=1S/C24H30N4O5S/c1-5-33-15-9-14-25-23(29)21-16-20(13-12-17(21)2)34(31,32)26-22-18(3)27(4)28(24(22)30)19-10-7-6-8-11-19/h6-8,10-13,16,26H,5,9,14-15H2,1-4H3,(H,25,29). The van der Waals surface area contributed by atoms with Gasteiger partial charge in [0.1, 0.15) is 5.69 Å². The number of ether oxygens (including phenoxy) is 1. The molecule has 2 N–H and O–H groups in total. The van der Waals surface area contributed by atoms with Crippen LogP contribution < -0.4 is 15.6 Å². The van der Waals surface area contributed by atoms with Crippen LogP contribution in [-0.2, 0) is 21.8 Å². The Bertz CT molecular complexity index is 1330. The van der Waals surface area contributed by atoms with E-state index < -0.39 is 15.6 Å². The fourth-order valence-electron chi connectivity index (χ4n) is 3.51. The highest BCUT2D eigenvalue weighted by Gasteiger charge is 2.24. The SMILES string of the molecule is CCOCCCNC(=O)c1cc(S(=O)(=O)Nc2c(C)n(C)n(-c3ccccc3)c2=O)ccc1C. The van der Waals surface area contributed by atoms with E-state index in [9.17, 15) is 18.0 Å². The van der Waals surface area contributed by atoms with Gasteiger partial charge in [-0.3, -0.25) is 19.0 Å². The predicted molar refractivity (Wildman–Crippen MR) is 131 cm³/mol. The number of anilines is 1. The number of para-hydroxylation sites is 1. The highest BCUT2D eigenvalue weighted by atomic mass is 32.2. The summed E-state index contributed by atoms with van der Waals surface area (Å²) in [6.07, 6.45) is 0.652. The number of sulfonamides is 1. The van der Waals surface area contributed by atoms with Gasteiger partial charge in [-0.25, -0.2) is 13.1 Å². The lowest BCUT2D eigenvalue weighted by atomic mass is 10.1. The largest absolute Gasteiger partial charge is 0.382 e. The van der Waals surface area contributed by atoms with Gasteiger partial charge in [0.15, 0.2) is 0 Å².